The quantitative estimate of drug-likeness (QED) is 0.715. The molecule has 0 aliphatic carbocycles. The number of hydrogen-bond acceptors (Lipinski definition) is 4. The second-order valence-electron chi connectivity index (χ2n) is 3.97. The third kappa shape index (κ3) is 2.40. The van der Waals surface area contributed by atoms with E-state index >= 15 is 0 Å². The van der Waals surface area contributed by atoms with Gasteiger partial charge in [0, 0.05) is 6.54 Å². The van der Waals surface area contributed by atoms with Crippen LogP contribution >= 0.6 is 0 Å². The summed E-state index contributed by atoms with van der Waals surface area (Å²) in [7, 11) is -1.41. The minimum atomic E-state index is -1.41. The van der Waals surface area contributed by atoms with Gasteiger partial charge in [-0.25, -0.2) is 15.0 Å². The molecule has 0 saturated heterocycles. The molecule has 0 saturated carbocycles. The highest BCUT2D eigenvalue weighted by atomic mass is 28.3. The standard InChI is InChI=1S/C11H22N4Si/c1-5-15(11-13-9-12-10-14-11)16(6-2,7-3)8-4/h9-10H,5-8H2,1-4H3. The Bertz CT molecular complexity index is 292. The van der Waals surface area contributed by atoms with Gasteiger partial charge in [0.15, 0.2) is 8.24 Å². The second-order valence-corrected chi connectivity index (χ2v) is 9.08. The van der Waals surface area contributed by atoms with Crippen LogP contribution in [-0.4, -0.2) is 29.7 Å². The third-order valence-electron chi connectivity index (χ3n) is 3.58. The highest BCUT2D eigenvalue weighted by molar-refractivity contribution is 6.83. The first-order valence-corrected chi connectivity index (χ1v) is 8.70. The van der Waals surface area contributed by atoms with Gasteiger partial charge in [-0.05, 0) is 25.1 Å². The fourth-order valence-corrected chi connectivity index (χ4v) is 6.24. The molecule has 0 atom stereocenters. The molecule has 0 aliphatic heterocycles. The first-order chi connectivity index (χ1) is 7.74. The maximum atomic E-state index is 4.30. The van der Waals surface area contributed by atoms with Gasteiger partial charge in [0.25, 0.3) is 0 Å². The van der Waals surface area contributed by atoms with Gasteiger partial charge in [0.1, 0.15) is 12.7 Å². The second kappa shape index (κ2) is 5.93. The summed E-state index contributed by atoms with van der Waals surface area (Å²) < 4.78 is 2.44. The molecule has 0 spiro atoms. The summed E-state index contributed by atoms with van der Waals surface area (Å²) in [5, 5.41) is 0. The van der Waals surface area contributed by atoms with Crippen molar-refractivity contribution in [3.63, 3.8) is 0 Å². The van der Waals surface area contributed by atoms with Gasteiger partial charge in [-0.3, -0.25) is 0 Å². The van der Waals surface area contributed by atoms with Crippen molar-refractivity contribution in [3.05, 3.63) is 12.7 Å². The summed E-state index contributed by atoms with van der Waals surface area (Å²) in [5.74, 6) is 0.856. The molecule has 0 fully saturated rings. The molecule has 0 aliphatic rings. The summed E-state index contributed by atoms with van der Waals surface area (Å²) in [6.07, 6.45) is 3.18. The lowest BCUT2D eigenvalue weighted by Crippen LogP contribution is -2.53. The van der Waals surface area contributed by atoms with Gasteiger partial charge in [0.2, 0.25) is 5.95 Å². The summed E-state index contributed by atoms with van der Waals surface area (Å²) >= 11 is 0. The SMILES string of the molecule is CCN(c1ncncn1)[Si](CC)(CC)CC. The van der Waals surface area contributed by atoms with Gasteiger partial charge in [-0.2, -0.15) is 0 Å². The molecule has 4 nitrogen and oxygen atoms in total. The maximum absolute atomic E-state index is 4.30. The monoisotopic (exact) mass is 238 g/mol. The van der Waals surface area contributed by atoms with E-state index in [0.717, 1.165) is 12.5 Å². The number of nitrogens with zero attached hydrogens (tertiary/aromatic N) is 4. The Morgan fingerprint density at radius 2 is 1.50 bits per heavy atom. The highest BCUT2D eigenvalue weighted by Crippen LogP contribution is 2.27. The van der Waals surface area contributed by atoms with E-state index in [2.05, 4.69) is 47.2 Å². The van der Waals surface area contributed by atoms with Crippen LogP contribution in [0.25, 0.3) is 0 Å². The van der Waals surface area contributed by atoms with Crippen LogP contribution in [-0.2, 0) is 0 Å². The van der Waals surface area contributed by atoms with Crippen LogP contribution < -0.4 is 4.57 Å². The summed E-state index contributed by atoms with van der Waals surface area (Å²) in [6.45, 7) is 10.1. The predicted molar refractivity (Wildman–Crippen MR) is 70.0 cm³/mol. The predicted octanol–water partition coefficient (Wildman–Crippen LogP) is 2.70. The smallest absolute Gasteiger partial charge is 0.220 e. The number of anilines is 1. The van der Waals surface area contributed by atoms with Crippen LogP contribution in [0.4, 0.5) is 5.95 Å². The molecule has 0 bridgehead atoms. The molecule has 0 amide bonds. The summed E-state index contributed by atoms with van der Waals surface area (Å²) in [6, 6.07) is 3.75. The van der Waals surface area contributed by atoms with E-state index < -0.39 is 8.24 Å². The minimum Gasteiger partial charge on any atom is -0.368 e. The van der Waals surface area contributed by atoms with Crippen LogP contribution in [0.5, 0.6) is 0 Å². The van der Waals surface area contributed by atoms with Crippen LogP contribution in [0.15, 0.2) is 12.7 Å². The van der Waals surface area contributed by atoms with Crippen molar-refractivity contribution in [2.24, 2.45) is 0 Å². The lowest BCUT2D eigenvalue weighted by molar-refractivity contribution is 0.908. The van der Waals surface area contributed by atoms with Gasteiger partial charge in [-0.15, -0.1) is 0 Å². The Labute approximate surface area is 99.2 Å². The van der Waals surface area contributed by atoms with Crippen molar-refractivity contribution >= 4 is 14.2 Å². The molecule has 16 heavy (non-hydrogen) atoms. The largest absolute Gasteiger partial charge is 0.368 e. The van der Waals surface area contributed by atoms with Gasteiger partial charge in [-0.1, -0.05) is 20.8 Å². The maximum Gasteiger partial charge on any atom is 0.220 e. The molecule has 90 valence electrons. The summed E-state index contributed by atoms with van der Waals surface area (Å²) in [5.41, 5.74) is 0. The topological polar surface area (TPSA) is 41.9 Å². The van der Waals surface area contributed by atoms with E-state index in [1.807, 2.05) is 0 Å². The molecule has 1 aromatic rings. The molecule has 1 rings (SSSR count). The average Bonchev–Trinajstić information content (AvgIpc) is 2.37. The van der Waals surface area contributed by atoms with Crippen LogP contribution in [0, 0.1) is 0 Å². The zero-order chi connectivity index (χ0) is 12.0. The molecule has 5 heteroatoms. The van der Waals surface area contributed by atoms with Gasteiger partial charge >= 0.3 is 0 Å². The normalized spacial score (nSPS) is 11.5. The van der Waals surface area contributed by atoms with E-state index in [0.29, 0.717) is 0 Å². The Morgan fingerprint density at radius 3 is 1.88 bits per heavy atom. The number of hydrogen-bond donors (Lipinski definition) is 0. The zero-order valence-corrected chi connectivity index (χ0v) is 11.8. The van der Waals surface area contributed by atoms with Crippen molar-refractivity contribution in [2.75, 3.05) is 11.1 Å². The van der Waals surface area contributed by atoms with E-state index in [4.69, 9.17) is 0 Å². The first kappa shape index (κ1) is 13.1. The van der Waals surface area contributed by atoms with Crippen LogP contribution in [0.2, 0.25) is 18.1 Å². The fourth-order valence-electron chi connectivity index (χ4n) is 2.38. The van der Waals surface area contributed by atoms with Gasteiger partial charge in [0.05, 0.1) is 0 Å². The van der Waals surface area contributed by atoms with Crippen molar-refractivity contribution in [1.29, 1.82) is 0 Å². The number of aromatic nitrogens is 3. The Morgan fingerprint density at radius 1 is 1.00 bits per heavy atom. The van der Waals surface area contributed by atoms with Crippen molar-refractivity contribution in [1.82, 2.24) is 15.0 Å². The Kier molecular flexibility index (Phi) is 4.86. The van der Waals surface area contributed by atoms with Crippen molar-refractivity contribution in [2.45, 2.75) is 45.8 Å². The molecule has 0 radical (unpaired) electrons. The Hall–Kier alpha value is -0.973. The van der Waals surface area contributed by atoms with Crippen molar-refractivity contribution in [3.8, 4) is 0 Å². The molecule has 1 aromatic heterocycles. The molecule has 0 unspecified atom stereocenters. The zero-order valence-electron chi connectivity index (χ0n) is 10.8. The van der Waals surface area contributed by atoms with Crippen molar-refractivity contribution < 1.29 is 0 Å². The van der Waals surface area contributed by atoms with E-state index in [1.54, 1.807) is 12.7 Å². The lowest BCUT2D eigenvalue weighted by Gasteiger charge is -2.40. The highest BCUT2D eigenvalue weighted by Gasteiger charge is 2.35. The van der Waals surface area contributed by atoms with E-state index in [1.165, 1.54) is 18.1 Å². The average molecular weight is 238 g/mol. The minimum absolute atomic E-state index is 0.856. The van der Waals surface area contributed by atoms with Crippen LogP contribution in [0.1, 0.15) is 27.7 Å². The molecular weight excluding hydrogens is 216 g/mol. The molecular formula is C11H22N4Si. The fraction of sp³-hybridized carbons (Fsp3) is 0.727. The first-order valence-electron chi connectivity index (χ1n) is 6.13. The third-order valence-corrected chi connectivity index (χ3v) is 9.19. The van der Waals surface area contributed by atoms with E-state index in [-0.39, 0.29) is 0 Å². The molecule has 1 heterocycles. The molecule has 0 N–H and O–H groups in total. The molecule has 0 aromatic carbocycles. The van der Waals surface area contributed by atoms with Gasteiger partial charge < -0.3 is 4.57 Å². The van der Waals surface area contributed by atoms with E-state index in [9.17, 15) is 0 Å². The summed E-state index contributed by atoms with van der Waals surface area (Å²) in [4.78, 5) is 12.5. The number of rotatable bonds is 6. The lowest BCUT2D eigenvalue weighted by atomic mass is 10.7. The Balaban J connectivity index is 3.05. The van der Waals surface area contributed by atoms with Crippen LogP contribution in [0.3, 0.4) is 0 Å².